The van der Waals surface area contributed by atoms with Crippen LogP contribution < -0.4 is 10.5 Å². The molecule has 122 valence electrons. The number of hydrogen-bond acceptors (Lipinski definition) is 4. The summed E-state index contributed by atoms with van der Waals surface area (Å²) in [5, 5.41) is 0. The summed E-state index contributed by atoms with van der Waals surface area (Å²) in [6.07, 6.45) is 2.58. The van der Waals surface area contributed by atoms with Crippen LogP contribution in [0.3, 0.4) is 0 Å². The van der Waals surface area contributed by atoms with Crippen molar-refractivity contribution in [1.82, 2.24) is 9.88 Å². The third kappa shape index (κ3) is 4.45. The molecule has 5 heteroatoms. The molecule has 0 saturated heterocycles. The normalized spacial score (nSPS) is 11.8. The number of rotatable bonds is 6. The van der Waals surface area contributed by atoms with Crippen molar-refractivity contribution >= 4 is 11.6 Å². The van der Waals surface area contributed by atoms with Gasteiger partial charge in [-0.1, -0.05) is 18.2 Å². The molecule has 1 aromatic carbocycles. The summed E-state index contributed by atoms with van der Waals surface area (Å²) in [7, 11) is 3.48. The van der Waals surface area contributed by atoms with Crippen LogP contribution in [-0.2, 0) is 17.6 Å². The van der Waals surface area contributed by atoms with Gasteiger partial charge in [0.2, 0.25) is 5.91 Å². The van der Waals surface area contributed by atoms with Crippen LogP contribution >= 0.6 is 0 Å². The van der Waals surface area contributed by atoms with Crippen LogP contribution in [0.5, 0.6) is 5.75 Å². The average Bonchev–Trinajstić information content (AvgIpc) is 2.56. The van der Waals surface area contributed by atoms with E-state index < -0.39 is 0 Å². The van der Waals surface area contributed by atoms with E-state index in [9.17, 15) is 4.79 Å². The number of likely N-dealkylation sites (N-methyl/N-ethyl adjacent to an activating group) is 1. The number of nitrogens with zero attached hydrogens (tertiary/aromatic N) is 2. The van der Waals surface area contributed by atoms with Crippen molar-refractivity contribution < 1.29 is 9.53 Å². The third-order valence-corrected chi connectivity index (χ3v) is 3.94. The van der Waals surface area contributed by atoms with Gasteiger partial charge in [-0.2, -0.15) is 0 Å². The quantitative estimate of drug-likeness (QED) is 0.888. The zero-order valence-electron chi connectivity index (χ0n) is 13.8. The smallest absolute Gasteiger partial charge is 0.228 e. The Morgan fingerprint density at radius 3 is 2.70 bits per heavy atom. The Kier molecular flexibility index (Phi) is 5.57. The van der Waals surface area contributed by atoms with E-state index in [0.29, 0.717) is 5.69 Å². The lowest BCUT2D eigenvalue weighted by molar-refractivity contribution is -0.130. The number of ether oxygens (including phenoxy) is 1. The summed E-state index contributed by atoms with van der Waals surface area (Å²) in [5.41, 5.74) is 8.02. The number of para-hydroxylation sites is 1. The first-order valence-corrected chi connectivity index (χ1v) is 7.59. The Balaban J connectivity index is 1.99. The van der Waals surface area contributed by atoms with E-state index in [2.05, 4.69) is 4.98 Å². The van der Waals surface area contributed by atoms with Gasteiger partial charge < -0.3 is 15.4 Å². The van der Waals surface area contributed by atoms with Crippen molar-refractivity contribution in [3.05, 3.63) is 53.9 Å². The molecule has 0 spiro atoms. The highest BCUT2D eigenvalue weighted by Crippen LogP contribution is 2.20. The maximum absolute atomic E-state index is 12.4. The van der Waals surface area contributed by atoms with Gasteiger partial charge in [0, 0.05) is 18.8 Å². The maximum Gasteiger partial charge on any atom is 0.228 e. The van der Waals surface area contributed by atoms with Crippen LogP contribution in [0.1, 0.15) is 18.2 Å². The summed E-state index contributed by atoms with van der Waals surface area (Å²) < 4.78 is 5.37. The highest BCUT2D eigenvalue weighted by atomic mass is 16.5. The average molecular weight is 313 g/mol. The number of nitrogen functional groups attached to an aromatic ring is 1. The molecule has 1 heterocycles. The molecule has 0 aliphatic carbocycles. The number of anilines is 1. The third-order valence-electron chi connectivity index (χ3n) is 3.94. The molecular weight excluding hydrogens is 290 g/mol. The lowest BCUT2D eigenvalue weighted by Gasteiger charge is -2.25. The minimum absolute atomic E-state index is 0.0321. The Morgan fingerprint density at radius 2 is 2.04 bits per heavy atom. The number of pyridine rings is 1. The number of benzene rings is 1. The van der Waals surface area contributed by atoms with E-state index in [-0.39, 0.29) is 18.4 Å². The van der Waals surface area contributed by atoms with Gasteiger partial charge >= 0.3 is 0 Å². The van der Waals surface area contributed by atoms with E-state index >= 15 is 0 Å². The second-order valence-electron chi connectivity index (χ2n) is 5.63. The molecule has 2 rings (SSSR count). The summed E-state index contributed by atoms with van der Waals surface area (Å²) >= 11 is 0. The molecule has 2 N–H and O–H groups in total. The van der Waals surface area contributed by atoms with E-state index in [1.54, 1.807) is 30.3 Å². The molecule has 0 aliphatic heterocycles. The van der Waals surface area contributed by atoms with Crippen molar-refractivity contribution in [3.8, 4) is 5.75 Å². The Morgan fingerprint density at radius 1 is 1.30 bits per heavy atom. The van der Waals surface area contributed by atoms with Crippen LogP contribution in [-0.4, -0.2) is 36.0 Å². The second-order valence-corrected chi connectivity index (χ2v) is 5.63. The Labute approximate surface area is 137 Å². The van der Waals surface area contributed by atoms with E-state index in [1.807, 2.05) is 38.2 Å². The van der Waals surface area contributed by atoms with Crippen LogP contribution in [0.15, 0.2) is 42.6 Å². The van der Waals surface area contributed by atoms with Crippen molar-refractivity contribution in [2.45, 2.75) is 25.8 Å². The topological polar surface area (TPSA) is 68.5 Å². The van der Waals surface area contributed by atoms with Gasteiger partial charge in [-0.05, 0) is 37.1 Å². The lowest BCUT2D eigenvalue weighted by Crippen LogP contribution is -2.37. The molecule has 0 radical (unpaired) electrons. The van der Waals surface area contributed by atoms with E-state index in [4.69, 9.17) is 10.5 Å². The van der Waals surface area contributed by atoms with E-state index in [1.165, 1.54) is 0 Å². The van der Waals surface area contributed by atoms with Gasteiger partial charge in [0.05, 0.1) is 25.4 Å². The summed E-state index contributed by atoms with van der Waals surface area (Å²) in [6.45, 7) is 2.03. The molecule has 1 atom stereocenters. The van der Waals surface area contributed by atoms with Crippen molar-refractivity contribution in [2.24, 2.45) is 0 Å². The standard InChI is InChI=1S/C18H23N3O2/c1-13(10-14-6-4-5-7-17(14)23-3)21(2)18(22)11-16-9-8-15(19)12-20-16/h4-9,12-13H,10-11,19H2,1-3H3. The van der Waals surface area contributed by atoms with E-state index in [0.717, 1.165) is 23.4 Å². The van der Waals surface area contributed by atoms with Crippen molar-refractivity contribution in [2.75, 3.05) is 19.9 Å². The molecule has 2 aromatic rings. The largest absolute Gasteiger partial charge is 0.496 e. The Bertz CT molecular complexity index is 656. The second kappa shape index (κ2) is 7.63. The Hall–Kier alpha value is -2.56. The number of amides is 1. The number of aromatic nitrogens is 1. The van der Waals surface area contributed by atoms with Gasteiger partial charge in [0.15, 0.2) is 0 Å². The number of carbonyl (C=O) groups is 1. The molecular formula is C18H23N3O2. The number of nitrogens with two attached hydrogens (primary N) is 1. The van der Waals surface area contributed by atoms with Crippen molar-refractivity contribution in [3.63, 3.8) is 0 Å². The molecule has 0 bridgehead atoms. The maximum atomic E-state index is 12.4. The van der Waals surface area contributed by atoms with Crippen LogP contribution in [0.2, 0.25) is 0 Å². The molecule has 1 unspecified atom stereocenters. The molecule has 0 fully saturated rings. The SMILES string of the molecule is COc1ccccc1CC(C)N(C)C(=O)Cc1ccc(N)cn1. The van der Waals surface area contributed by atoms with Gasteiger partial charge in [-0.25, -0.2) is 0 Å². The van der Waals surface area contributed by atoms with Gasteiger partial charge in [0.1, 0.15) is 5.75 Å². The molecule has 0 aliphatic rings. The summed E-state index contributed by atoms with van der Waals surface area (Å²) in [6, 6.07) is 11.5. The first-order chi connectivity index (χ1) is 11.0. The summed E-state index contributed by atoms with van der Waals surface area (Å²) in [4.78, 5) is 18.3. The predicted molar refractivity (Wildman–Crippen MR) is 91.3 cm³/mol. The fourth-order valence-electron chi connectivity index (χ4n) is 2.39. The fraction of sp³-hybridized carbons (Fsp3) is 0.333. The fourth-order valence-corrected chi connectivity index (χ4v) is 2.39. The van der Waals surface area contributed by atoms with Gasteiger partial charge in [-0.15, -0.1) is 0 Å². The molecule has 0 saturated carbocycles. The first-order valence-electron chi connectivity index (χ1n) is 7.59. The molecule has 5 nitrogen and oxygen atoms in total. The molecule has 1 amide bonds. The van der Waals surface area contributed by atoms with Crippen LogP contribution in [0.25, 0.3) is 0 Å². The number of hydrogen-bond donors (Lipinski definition) is 1. The zero-order valence-corrected chi connectivity index (χ0v) is 13.8. The van der Waals surface area contributed by atoms with Crippen LogP contribution in [0.4, 0.5) is 5.69 Å². The predicted octanol–water partition coefficient (Wildman–Crippen LogP) is 2.30. The van der Waals surface area contributed by atoms with Crippen molar-refractivity contribution in [1.29, 1.82) is 0 Å². The molecule has 23 heavy (non-hydrogen) atoms. The number of methoxy groups -OCH3 is 1. The van der Waals surface area contributed by atoms with Gasteiger partial charge in [0.25, 0.3) is 0 Å². The number of carbonyl (C=O) groups excluding carboxylic acids is 1. The monoisotopic (exact) mass is 313 g/mol. The highest BCUT2D eigenvalue weighted by molar-refractivity contribution is 5.78. The molecule has 1 aromatic heterocycles. The lowest BCUT2D eigenvalue weighted by atomic mass is 10.0. The zero-order chi connectivity index (χ0) is 16.8. The van der Waals surface area contributed by atoms with Crippen LogP contribution in [0, 0.1) is 0 Å². The minimum Gasteiger partial charge on any atom is -0.496 e. The summed E-state index contributed by atoms with van der Waals surface area (Å²) in [5.74, 6) is 0.880. The highest BCUT2D eigenvalue weighted by Gasteiger charge is 2.18. The van der Waals surface area contributed by atoms with Gasteiger partial charge in [-0.3, -0.25) is 9.78 Å². The first kappa shape index (κ1) is 16.8. The minimum atomic E-state index is 0.0321.